The van der Waals surface area contributed by atoms with Crippen molar-refractivity contribution in [1.29, 1.82) is 0 Å². The quantitative estimate of drug-likeness (QED) is 0.829. The lowest BCUT2D eigenvalue weighted by Gasteiger charge is -2.13. The van der Waals surface area contributed by atoms with E-state index in [9.17, 15) is 14.4 Å². The summed E-state index contributed by atoms with van der Waals surface area (Å²) in [4.78, 5) is 41.3. The molecule has 0 saturated heterocycles. The van der Waals surface area contributed by atoms with Crippen LogP contribution in [0.4, 0.5) is 0 Å². The molecular weight excluding hydrogens is 298 g/mol. The second kappa shape index (κ2) is 6.04. The fourth-order valence-corrected chi connectivity index (χ4v) is 2.44. The predicted molar refractivity (Wildman–Crippen MR) is 79.8 cm³/mol. The van der Waals surface area contributed by atoms with Gasteiger partial charge in [-0.15, -0.1) is 0 Å². The van der Waals surface area contributed by atoms with E-state index in [2.05, 4.69) is 10.3 Å². The first kappa shape index (κ1) is 15.0. The van der Waals surface area contributed by atoms with Gasteiger partial charge in [0.05, 0.1) is 16.8 Å². The minimum absolute atomic E-state index is 0.288. The van der Waals surface area contributed by atoms with Crippen LogP contribution in [-0.2, 0) is 11.2 Å². The number of hydrogen-bond donors (Lipinski definition) is 1. The highest BCUT2D eigenvalue weighted by Crippen LogP contribution is 2.21. The number of amides is 3. The maximum atomic E-state index is 12.1. The van der Waals surface area contributed by atoms with E-state index in [-0.39, 0.29) is 12.5 Å². The van der Waals surface area contributed by atoms with E-state index < -0.39 is 11.8 Å². The third kappa shape index (κ3) is 2.98. The van der Waals surface area contributed by atoms with Gasteiger partial charge in [-0.05, 0) is 12.1 Å². The Morgan fingerprint density at radius 2 is 1.87 bits per heavy atom. The van der Waals surface area contributed by atoms with Crippen LogP contribution in [0.2, 0.25) is 0 Å². The molecule has 23 heavy (non-hydrogen) atoms. The van der Waals surface area contributed by atoms with Gasteiger partial charge in [0.25, 0.3) is 11.8 Å². The molecule has 0 radical (unpaired) electrons. The first-order valence-corrected chi connectivity index (χ1v) is 7.19. The first-order chi connectivity index (χ1) is 11.1. The van der Waals surface area contributed by atoms with Gasteiger partial charge in [-0.25, -0.2) is 4.98 Å². The van der Waals surface area contributed by atoms with E-state index in [1.807, 2.05) is 0 Å². The number of benzene rings is 1. The van der Waals surface area contributed by atoms with E-state index in [4.69, 9.17) is 4.42 Å². The van der Waals surface area contributed by atoms with Crippen LogP contribution >= 0.6 is 0 Å². The van der Waals surface area contributed by atoms with Crippen molar-refractivity contribution >= 4 is 17.7 Å². The monoisotopic (exact) mass is 313 g/mol. The van der Waals surface area contributed by atoms with Gasteiger partial charge in [-0.1, -0.05) is 12.1 Å². The molecule has 1 N–H and O–H groups in total. The van der Waals surface area contributed by atoms with Crippen LogP contribution < -0.4 is 5.32 Å². The van der Waals surface area contributed by atoms with Crippen molar-refractivity contribution in [3.8, 4) is 0 Å². The highest BCUT2D eigenvalue weighted by atomic mass is 16.3. The maximum absolute atomic E-state index is 12.1. The summed E-state index contributed by atoms with van der Waals surface area (Å²) in [7, 11) is 0. The summed E-state index contributed by atoms with van der Waals surface area (Å²) in [6.45, 7) is 1.81. The number of carbonyl (C=O) groups excluding carboxylic acids is 3. The van der Waals surface area contributed by atoms with E-state index in [0.717, 1.165) is 10.6 Å². The van der Waals surface area contributed by atoms with Crippen molar-refractivity contribution in [2.45, 2.75) is 13.3 Å². The van der Waals surface area contributed by atoms with Crippen LogP contribution in [0, 0.1) is 6.92 Å². The number of imide groups is 1. The molecule has 0 saturated carbocycles. The Morgan fingerprint density at radius 3 is 2.43 bits per heavy atom. The molecule has 7 heteroatoms. The molecule has 3 rings (SSSR count). The number of carbonyl (C=O) groups is 3. The molecule has 2 aromatic rings. The molecule has 0 spiro atoms. The zero-order valence-corrected chi connectivity index (χ0v) is 12.5. The van der Waals surface area contributed by atoms with Gasteiger partial charge in [-0.2, -0.15) is 0 Å². The van der Waals surface area contributed by atoms with Gasteiger partial charge >= 0.3 is 0 Å². The Morgan fingerprint density at radius 1 is 1.22 bits per heavy atom. The van der Waals surface area contributed by atoms with Gasteiger partial charge in [0.1, 0.15) is 12.8 Å². The summed E-state index contributed by atoms with van der Waals surface area (Å²) in [5.74, 6) is -0.696. The summed E-state index contributed by atoms with van der Waals surface area (Å²) >= 11 is 0. The largest absolute Gasteiger partial charge is 0.449 e. The molecule has 2 heterocycles. The van der Waals surface area contributed by atoms with Crippen LogP contribution in [-0.4, -0.2) is 40.7 Å². The molecule has 0 unspecified atom stereocenters. The minimum Gasteiger partial charge on any atom is -0.449 e. The number of hydrogen-bond acceptors (Lipinski definition) is 5. The lowest BCUT2D eigenvalue weighted by molar-refractivity contribution is -0.121. The molecule has 0 atom stereocenters. The molecule has 1 aliphatic heterocycles. The molecular formula is C16H15N3O4. The minimum atomic E-state index is -0.437. The Labute approximate surface area is 132 Å². The normalized spacial score (nSPS) is 13.3. The number of oxazole rings is 1. The molecule has 1 aliphatic rings. The Hall–Kier alpha value is -2.96. The van der Waals surface area contributed by atoms with Crippen molar-refractivity contribution in [2.24, 2.45) is 0 Å². The molecule has 0 bridgehead atoms. The number of aryl methyl sites for hydroxylation is 1. The Bertz CT molecular complexity index is 746. The Balaban J connectivity index is 1.54. The van der Waals surface area contributed by atoms with Gasteiger partial charge in [0.2, 0.25) is 5.91 Å². The molecule has 3 amide bonds. The lowest BCUT2D eigenvalue weighted by Crippen LogP contribution is -2.40. The highest BCUT2D eigenvalue weighted by Gasteiger charge is 2.36. The summed E-state index contributed by atoms with van der Waals surface area (Å²) in [6, 6.07) is 6.54. The summed E-state index contributed by atoms with van der Waals surface area (Å²) in [5, 5.41) is 2.67. The van der Waals surface area contributed by atoms with Crippen molar-refractivity contribution in [2.75, 3.05) is 13.1 Å². The topological polar surface area (TPSA) is 92.5 Å². The number of aromatic nitrogens is 1. The zero-order chi connectivity index (χ0) is 16.4. The average molecular weight is 313 g/mol. The number of fused-ring (bicyclic) bond motifs is 1. The third-order valence-corrected chi connectivity index (χ3v) is 3.55. The summed E-state index contributed by atoms with van der Waals surface area (Å²) < 4.78 is 5.07. The van der Waals surface area contributed by atoms with Crippen molar-refractivity contribution in [3.63, 3.8) is 0 Å². The first-order valence-electron chi connectivity index (χ1n) is 7.19. The standard InChI is InChI=1S/C16H15N3O4/c1-10-18-11(9-23-10)6-7-17-14(20)8-19-15(21)12-4-2-3-5-13(12)16(19)22/h2-5,9H,6-8H2,1H3,(H,17,20). The van der Waals surface area contributed by atoms with Gasteiger partial charge < -0.3 is 9.73 Å². The van der Waals surface area contributed by atoms with Gasteiger partial charge in [-0.3, -0.25) is 19.3 Å². The van der Waals surface area contributed by atoms with Crippen LogP contribution in [0.25, 0.3) is 0 Å². The smallest absolute Gasteiger partial charge is 0.262 e. The van der Waals surface area contributed by atoms with Crippen molar-refractivity contribution < 1.29 is 18.8 Å². The van der Waals surface area contributed by atoms with E-state index in [1.54, 1.807) is 31.2 Å². The Kier molecular flexibility index (Phi) is 3.92. The molecule has 1 aromatic carbocycles. The molecule has 7 nitrogen and oxygen atoms in total. The van der Waals surface area contributed by atoms with Crippen molar-refractivity contribution in [3.05, 3.63) is 53.2 Å². The average Bonchev–Trinajstić information content (AvgIpc) is 3.05. The second-order valence-electron chi connectivity index (χ2n) is 5.20. The number of nitrogens with zero attached hydrogens (tertiary/aromatic N) is 2. The van der Waals surface area contributed by atoms with Crippen LogP contribution in [0.1, 0.15) is 32.3 Å². The fourth-order valence-electron chi connectivity index (χ4n) is 2.44. The second-order valence-corrected chi connectivity index (χ2v) is 5.20. The lowest BCUT2D eigenvalue weighted by atomic mass is 10.1. The number of nitrogens with one attached hydrogen (secondary N) is 1. The molecule has 1 aromatic heterocycles. The predicted octanol–water partition coefficient (Wildman–Crippen LogP) is 0.938. The third-order valence-electron chi connectivity index (χ3n) is 3.55. The fraction of sp³-hybridized carbons (Fsp3) is 0.250. The summed E-state index contributed by atoms with van der Waals surface area (Å²) in [6.07, 6.45) is 2.05. The molecule has 0 aliphatic carbocycles. The maximum Gasteiger partial charge on any atom is 0.262 e. The highest BCUT2D eigenvalue weighted by molar-refractivity contribution is 6.22. The number of rotatable bonds is 5. The van der Waals surface area contributed by atoms with Gasteiger partial charge in [0.15, 0.2) is 5.89 Å². The summed E-state index contributed by atoms with van der Waals surface area (Å²) in [5.41, 5.74) is 1.41. The van der Waals surface area contributed by atoms with Crippen LogP contribution in [0.5, 0.6) is 0 Å². The SMILES string of the molecule is Cc1nc(CCNC(=O)CN2C(=O)c3ccccc3C2=O)co1. The van der Waals surface area contributed by atoms with Crippen LogP contribution in [0.15, 0.2) is 34.9 Å². The molecule has 0 fully saturated rings. The van der Waals surface area contributed by atoms with E-state index >= 15 is 0 Å². The van der Waals surface area contributed by atoms with E-state index in [1.165, 1.54) is 6.26 Å². The molecule has 118 valence electrons. The zero-order valence-electron chi connectivity index (χ0n) is 12.5. The van der Waals surface area contributed by atoms with E-state index in [0.29, 0.717) is 30.0 Å². The van der Waals surface area contributed by atoms with Crippen molar-refractivity contribution in [1.82, 2.24) is 15.2 Å². The van der Waals surface area contributed by atoms with Crippen LogP contribution in [0.3, 0.4) is 0 Å². The van der Waals surface area contributed by atoms with Gasteiger partial charge in [0, 0.05) is 19.9 Å².